The van der Waals surface area contributed by atoms with E-state index in [0.29, 0.717) is 21.2 Å². The average molecular weight is 291 g/mol. The molecule has 0 atom stereocenters. The molecule has 0 unspecified atom stereocenters. The maximum absolute atomic E-state index is 12.5. The fourth-order valence-electron chi connectivity index (χ4n) is 2.00. The van der Waals surface area contributed by atoms with E-state index in [1.165, 1.54) is 0 Å². The number of carbonyl (C=O) groups excluding carboxylic acids is 1. The van der Waals surface area contributed by atoms with Crippen molar-refractivity contribution in [3.63, 3.8) is 0 Å². The molecule has 2 heterocycles. The van der Waals surface area contributed by atoms with Gasteiger partial charge in [-0.1, -0.05) is 29.3 Å². The lowest BCUT2D eigenvalue weighted by atomic mass is 10.0. The van der Waals surface area contributed by atoms with Gasteiger partial charge in [0.25, 0.3) is 0 Å². The minimum Gasteiger partial charge on any atom is -0.360 e. The maximum Gasteiger partial charge on any atom is 0.198 e. The van der Waals surface area contributed by atoms with Gasteiger partial charge in [0.05, 0.1) is 15.6 Å². The minimum absolute atomic E-state index is 0.213. The normalized spacial score (nSPS) is 10.8. The third-order valence-electron chi connectivity index (χ3n) is 2.92. The van der Waals surface area contributed by atoms with Crippen LogP contribution in [-0.4, -0.2) is 15.8 Å². The molecule has 19 heavy (non-hydrogen) atoms. The number of hydrogen-bond acceptors (Lipinski definition) is 2. The van der Waals surface area contributed by atoms with E-state index in [4.69, 9.17) is 23.2 Å². The third kappa shape index (κ3) is 2.01. The zero-order chi connectivity index (χ0) is 13.4. The van der Waals surface area contributed by atoms with Gasteiger partial charge in [-0.05, 0) is 18.2 Å². The number of nitrogens with zero attached hydrogens (tertiary/aromatic N) is 1. The van der Waals surface area contributed by atoms with E-state index in [9.17, 15) is 4.79 Å². The topological polar surface area (TPSA) is 45.8 Å². The van der Waals surface area contributed by atoms with E-state index >= 15 is 0 Å². The fourth-order valence-corrected chi connectivity index (χ4v) is 2.57. The maximum atomic E-state index is 12.5. The second-order valence-electron chi connectivity index (χ2n) is 4.05. The summed E-state index contributed by atoms with van der Waals surface area (Å²) < 4.78 is 0. The Hall–Kier alpha value is -1.84. The van der Waals surface area contributed by atoms with Crippen LogP contribution in [0, 0.1) is 0 Å². The number of ketones is 1. The van der Waals surface area contributed by atoms with Crippen molar-refractivity contribution in [2.45, 2.75) is 0 Å². The van der Waals surface area contributed by atoms with Crippen LogP contribution in [0.15, 0.2) is 42.9 Å². The van der Waals surface area contributed by atoms with Crippen LogP contribution in [0.2, 0.25) is 10.0 Å². The SMILES string of the molecule is O=C(c1c(Cl)cccc1Cl)c1c[nH]c2ccncc12. The van der Waals surface area contributed by atoms with Crippen molar-refractivity contribution in [3.8, 4) is 0 Å². The van der Waals surface area contributed by atoms with Gasteiger partial charge in [-0.2, -0.15) is 0 Å². The summed E-state index contributed by atoms with van der Waals surface area (Å²) in [6.45, 7) is 0. The zero-order valence-corrected chi connectivity index (χ0v) is 11.2. The molecule has 0 saturated carbocycles. The lowest BCUT2D eigenvalue weighted by molar-refractivity contribution is 0.104. The lowest BCUT2D eigenvalue weighted by Crippen LogP contribution is -2.02. The molecule has 0 aliphatic heterocycles. The van der Waals surface area contributed by atoms with E-state index in [1.807, 2.05) is 0 Å². The lowest BCUT2D eigenvalue weighted by Gasteiger charge is -2.04. The van der Waals surface area contributed by atoms with Crippen LogP contribution in [-0.2, 0) is 0 Å². The molecule has 94 valence electrons. The summed E-state index contributed by atoms with van der Waals surface area (Å²) in [7, 11) is 0. The standard InChI is InChI=1S/C14H8Cl2N2O/c15-10-2-1-3-11(16)13(10)14(19)9-7-18-12-4-5-17-6-8(9)12/h1-7,18H. The number of aromatic amines is 1. The molecule has 0 saturated heterocycles. The summed E-state index contributed by atoms with van der Waals surface area (Å²) in [4.78, 5) is 19.6. The van der Waals surface area contributed by atoms with Gasteiger partial charge in [0.1, 0.15) is 0 Å². The molecule has 3 nitrogen and oxygen atoms in total. The van der Waals surface area contributed by atoms with Gasteiger partial charge in [-0.15, -0.1) is 0 Å². The van der Waals surface area contributed by atoms with Crippen LogP contribution in [0.5, 0.6) is 0 Å². The van der Waals surface area contributed by atoms with Gasteiger partial charge >= 0.3 is 0 Å². The second-order valence-corrected chi connectivity index (χ2v) is 4.86. The Morgan fingerprint density at radius 3 is 2.63 bits per heavy atom. The highest BCUT2D eigenvalue weighted by molar-refractivity contribution is 6.41. The Balaban J connectivity index is 2.20. The van der Waals surface area contributed by atoms with Crippen LogP contribution in [0.3, 0.4) is 0 Å². The van der Waals surface area contributed by atoms with E-state index < -0.39 is 0 Å². The predicted octanol–water partition coefficient (Wildman–Crippen LogP) is 4.10. The zero-order valence-electron chi connectivity index (χ0n) is 9.65. The number of fused-ring (bicyclic) bond motifs is 1. The van der Waals surface area contributed by atoms with Crippen molar-refractivity contribution in [1.29, 1.82) is 0 Å². The molecule has 0 fully saturated rings. The van der Waals surface area contributed by atoms with E-state index in [1.54, 1.807) is 42.9 Å². The van der Waals surface area contributed by atoms with Crippen molar-refractivity contribution in [1.82, 2.24) is 9.97 Å². The molecule has 1 aromatic carbocycles. The molecule has 0 aliphatic rings. The number of carbonyl (C=O) groups is 1. The summed E-state index contributed by atoms with van der Waals surface area (Å²) in [6, 6.07) is 6.81. The van der Waals surface area contributed by atoms with Crippen molar-refractivity contribution in [3.05, 3.63) is 64.0 Å². The average Bonchev–Trinajstić information content (AvgIpc) is 2.82. The summed E-state index contributed by atoms with van der Waals surface area (Å²) in [6.07, 6.45) is 4.95. The number of rotatable bonds is 2. The number of nitrogens with one attached hydrogen (secondary N) is 1. The van der Waals surface area contributed by atoms with Gasteiger partial charge in [-0.3, -0.25) is 9.78 Å². The first kappa shape index (κ1) is 12.2. The number of aromatic nitrogens is 2. The quantitative estimate of drug-likeness (QED) is 0.722. The van der Waals surface area contributed by atoms with Gasteiger partial charge in [-0.25, -0.2) is 0 Å². The molecule has 1 N–H and O–H groups in total. The Bertz CT molecular complexity index is 760. The molecular formula is C14H8Cl2N2O. The third-order valence-corrected chi connectivity index (χ3v) is 3.55. The van der Waals surface area contributed by atoms with Gasteiger partial charge < -0.3 is 4.98 Å². The fraction of sp³-hybridized carbons (Fsp3) is 0. The molecule has 0 spiro atoms. The Labute approximate surface area is 119 Å². The van der Waals surface area contributed by atoms with Crippen molar-refractivity contribution in [2.75, 3.05) is 0 Å². The highest BCUT2D eigenvalue weighted by atomic mass is 35.5. The highest BCUT2D eigenvalue weighted by Gasteiger charge is 2.19. The number of H-pyrrole nitrogens is 1. The number of pyridine rings is 1. The summed E-state index contributed by atoms with van der Waals surface area (Å²) in [5.74, 6) is -0.213. The van der Waals surface area contributed by atoms with E-state index in [2.05, 4.69) is 9.97 Å². The second kappa shape index (κ2) is 4.68. The Kier molecular flexibility index (Phi) is 3.01. The summed E-state index contributed by atoms with van der Waals surface area (Å²) >= 11 is 12.1. The van der Waals surface area contributed by atoms with Crippen molar-refractivity contribution < 1.29 is 4.79 Å². The Morgan fingerprint density at radius 1 is 1.16 bits per heavy atom. The predicted molar refractivity (Wildman–Crippen MR) is 76.0 cm³/mol. The van der Waals surface area contributed by atoms with Crippen LogP contribution in [0.4, 0.5) is 0 Å². The largest absolute Gasteiger partial charge is 0.360 e. The number of halogens is 2. The highest BCUT2D eigenvalue weighted by Crippen LogP contribution is 2.29. The number of benzene rings is 1. The molecule has 2 aromatic heterocycles. The molecule has 3 aromatic rings. The van der Waals surface area contributed by atoms with Crippen LogP contribution < -0.4 is 0 Å². The summed E-state index contributed by atoms with van der Waals surface area (Å²) in [5, 5.41) is 1.44. The van der Waals surface area contributed by atoms with Gasteiger partial charge in [0.15, 0.2) is 5.78 Å². The number of hydrogen-bond donors (Lipinski definition) is 1. The minimum atomic E-state index is -0.213. The first-order valence-corrected chi connectivity index (χ1v) is 6.34. The molecule has 3 rings (SSSR count). The van der Waals surface area contributed by atoms with Crippen molar-refractivity contribution >= 4 is 39.9 Å². The molecule has 5 heteroatoms. The first-order valence-electron chi connectivity index (χ1n) is 5.58. The molecule has 0 radical (unpaired) electrons. The van der Waals surface area contributed by atoms with Crippen molar-refractivity contribution in [2.24, 2.45) is 0 Å². The summed E-state index contributed by atoms with van der Waals surface area (Å²) in [5.41, 5.74) is 1.68. The van der Waals surface area contributed by atoms with Crippen LogP contribution in [0.1, 0.15) is 15.9 Å². The van der Waals surface area contributed by atoms with Gasteiger partial charge in [0.2, 0.25) is 0 Å². The molecular weight excluding hydrogens is 283 g/mol. The van der Waals surface area contributed by atoms with Gasteiger partial charge in [0, 0.05) is 35.1 Å². The van der Waals surface area contributed by atoms with Crippen LogP contribution in [0.25, 0.3) is 10.9 Å². The first-order chi connectivity index (χ1) is 9.18. The monoisotopic (exact) mass is 290 g/mol. The van der Waals surface area contributed by atoms with Crippen LogP contribution >= 0.6 is 23.2 Å². The Morgan fingerprint density at radius 2 is 1.89 bits per heavy atom. The van der Waals surface area contributed by atoms with E-state index in [-0.39, 0.29) is 5.78 Å². The smallest absolute Gasteiger partial charge is 0.198 e. The molecule has 0 amide bonds. The van der Waals surface area contributed by atoms with E-state index in [0.717, 1.165) is 10.9 Å². The molecule has 0 aliphatic carbocycles. The molecule has 0 bridgehead atoms.